The Hall–Kier alpha value is -9.30. The molecule has 354 valence electrons. The monoisotopic (exact) mass is 955 g/mol. The van der Waals surface area contributed by atoms with Crippen LogP contribution in [0.15, 0.2) is 285 Å². The van der Waals surface area contributed by atoms with Gasteiger partial charge in [-0.1, -0.05) is 263 Å². The minimum Gasteiger partial charge on any atom is -0.310 e. The minimum atomic E-state index is -0.436. The number of nitrogens with zero attached hydrogens (tertiary/aromatic N) is 1. The molecule has 0 spiro atoms. The Kier molecular flexibility index (Phi) is 10.5. The molecule has 14 rings (SSSR count). The van der Waals surface area contributed by atoms with Crippen LogP contribution in [0.4, 0.5) is 17.1 Å². The lowest BCUT2D eigenvalue weighted by Gasteiger charge is -2.33. The Morgan fingerprint density at radius 2 is 0.733 bits per heavy atom. The highest BCUT2D eigenvalue weighted by molar-refractivity contribution is 6.07. The first-order chi connectivity index (χ1) is 37.0. The van der Waals surface area contributed by atoms with E-state index in [-0.39, 0.29) is 5.41 Å². The van der Waals surface area contributed by atoms with E-state index >= 15 is 0 Å². The fourth-order valence-corrected chi connectivity index (χ4v) is 13.0. The molecule has 12 aromatic rings. The van der Waals surface area contributed by atoms with Gasteiger partial charge < -0.3 is 4.90 Å². The molecular formula is C74H53N. The summed E-state index contributed by atoms with van der Waals surface area (Å²) >= 11 is 0. The van der Waals surface area contributed by atoms with Gasteiger partial charge in [0, 0.05) is 22.4 Å². The lowest BCUT2D eigenvalue weighted by Crippen LogP contribution is -2.28. The van der Waals surface area contributed by atoms with E-state index in [9.17, 15) is 0 Å². The van der Waals surface area contributed by atoms with Crippen molar-refractivity contribution in [3.05, 3.63) is 318 Å². The second-order valence-electron chi connectivity index (χ2n) is 20.7. The van der Waals surface area contributed by atoms with Gasteiger partial charge >= 0.3 is 0 Å². The molecule has 0 bridgehead atoms. The van der Waals surface area contributed by atoms with Gasteiger partial charge in [0.1, 0.15) is 0 Å². The maximum absolute atomic E-state index is 2.46. The molecule has 0 radical (unpaired) electrons. The van der Waals surface area contributed by atoms with Crippen molar-refractivity contribution < 1.29 is 0 Å². The van der Waals surface area contributed by atoms with E-state index < -0.39 is 5.41 Å². The number of fused-ring (bicyclic) bond motifs is 7. The summed E-state index contributed by atoms with van der Waals surface area (Å²) in [7, 11) is 0. The summed E-state index contributed by atoms with van der Waals surface area (Å²) in [6.07, 6.45) is 0. The maximum atomic E-state index is 2.46. The Labute approximate surface area is 440 Å². The van der Waals surface area contributed by atoms with Gasteiger partial charge in [-0.2, -0.15) is 0 Å². The topological polar surface area (TPSA) is 3.24 Å². The molecule has 0 aromatic heterocycles. The molecule has 0 atom stereocenters. The van der Waals surface area contributed by atoms with Crippen LogP contribution in [0.5, 0.6) is 0 Å². The molecule has 1 nitrogen and oxygen atoms in total. The third-order valence-electron chi connectivity index (χ3n) is 16.4. The van der Waals surface area contributed by atoms with Crippen molar-refractivity contribution in [3.63, 3.8) is 0 Å². The first-order valence-corrected chi connectivity index (χ1v) is 26.2. The van der Waals surface area contributed by atoms with E-state index in [4.69, 9.17) is 0 Å². The predicted molar refractivity (Wildman–Crippen MR) is 315 cm³/mol. The Bertz CT molecular complexity index is 4070. The van der Waals surface area contributed by atoms with E-state index in [0.29, 0.717) is 0 Å². The summed E-state index contributed by atoms with van der Waals surface area (Å²) in [4.78, 5) is 2.46. The van der Waals surface area contributed by atoms with Crippen molar-refractivity contribution in [1.29, 1.82) is 0 Å². The van der Waals surface area contributed by atoms with Crippen molar-refractivity contribution in [3.8, 4) is 66.8 Å². The largest absolute Gasteiger partial charge is 0.310 e. The van der Waals surface area contributed by atoms with Crippen LogP contribution in [0.2, 0.25) is 0 Å². The number of rotatable bonds is 9. The van der Waals surface area contributed by atoms with Gasteiger partial charge in [0.25, 0.3) is 0 Å². The van der Waals surface area contributed by atoms with Crippen LogP contribution in [0.25, 0.3) is 77.5 Å². The van der Waals surface area contributed by atoms with Gasteiger partial charge in [-0.15, -0.1) is 0 Å². The summed E-state index contributed by atoms with van der Waals surface area (Å²) in [6.45, 7) is 4.73. The van der Waals surface area contributed by atoms with E-state index in [1.807, 2.05) is 0 Å². The van der Waals surface area contributed by atoms with Crippen molar-refractivity contribution in [2.75, 3.05) is 4.90 Å². The molecule has 0 amide bonds. The molecule has 0 saturated heterocycles. The Morgan fingerprint density at radius 3 is 1.39 bits per heavy atom. The highest BCUT2D eigenvalue weighted by Gasteiger charge is 2.46. The summed E-state index contributed by atoms with van der Waals surface area (Å²) < 4.78 is 0. The smallest absolute Gasteiger partial charge is 0.0713 e. The van der Waals surface area contributed by atoms with Crippen LogP contribution in [0.1, 0.15) is 47.2 Å². The van der Waals surface area contributed by atoms with E-state index in [1.165, 1.54) is 111 Å². The average molecular weight is 956 g/mol. The predicted octanol–water partition coefficient (Wildman–Crippen LogP) is 19.6. The van der Waals surface area contributed by atoms with Crippen LogP contribution in [0.3, 0.4) is 0 Å². The molecule has 0 saturated carbocycles. The van der Waals surface area contributed by atoms with E-state index in [0.717, 1.165) is 17.1 Å². The zero-order valence-electron chi connectivity index (χ0n) is 42.1. The Balaban J connectivity index is 0.913. The SMILES string of the molecule is CC1(C)c2ccccc2-c2c(-c3ccccc3N(c3ccc(-c4ccc5c(c4)-c4ccccc4C5(c4ccccc4)c4ccccc4)cc3)c3ccc(-c4cccc5cccc(-c6ccccc6)c45)cc3)cccc21. The summed E-state index contributed by atoms with van der Waals surface area (Å²) in [6, 6.07) is 106. The third-order valence-corrected chi connectivity index (χ3v) is 16.4. The quantitative estimate of drug-likeness (QED) is 0.139. The van der Waals surface area contributed by atoms with Crippen molar-refractivity contribution in [1.82, 2.24) is 0 Å². The van der Waals surface area contributed by atoms with E-state index in [1.54, 1.807) is 0 Å². The fourth-order valence-electron chi connectivity index (χ4n) is 13.0. The molecule has 2 aliphatic carbocycles. The van der Waals surface area contributed by atoms with Crippen LogP contribution in [-0.2, 0) is 10.8 Å². The lowest BCUT2D eigenvalue weighted by atomic mass is 9.67. The molecule has 2 aliphatic rings. The number of hydrogen-bond donors (Lipinski definition) is 0. The first kappa shape index (κ1) is 44.4. The number of hydrogen-bond acceptors (Lipinski definition) is 1. The van der Waals surface area contributed by atoms with Crippen LogP contribution >= 0.6 is 0 Å². The molecule has 12 aromatic carbocycles. The molecule has 1 heteroatoms. The van der Waals surface area contributed by atoms with Crippen LogP contribution in [-0.4, -0.2) is 0 Å². The normalized spacial score (nSPS) is 13.4. The number of benzene rings is 12. The number of para-hydroxylation sites is 1. The molecule has 75 heavy (non-hydrogen) atoms. The van der Waals surface area contributed by atoms with Crippen molar-refractivity contribution in [2.45, 2.75) is 24.7 Å². The van der Waals surface area contributed by atoms with Gasteiger partial charge in [-0.3, -0.25) is 0 Å². The standard InChI is InChI=1S/C74H53N/c1-73(2)66-35-15-13-31-64(66)72-63(34-20-37-69(72)73)62-30-14-17-38-70(62)75(58-46-41-52(42-47-58)60-33-19-24-53-23-18-32-59(71(53)60)51-21-6-3-7-22-51)57-44-39-50(40-45-57)54-43-48-68-65(49-54)61-29-12-16-36-67(61)74(68,55-25-8-4-9-26-55)56-27-10-5-11-28-56/h3-49H,1-2H3. The lowest BCUT2D eigenvalue weighted by molar-refractivity contribution is 0.660. The highest BCUT2D eigenvalue weighted by atomic mass is 15.1. The van der Waals surface area contributed by atoms with Crippen molar-refractivity contribution in [2.24, 2.45) is 0 Å². The zero-order chi connectivity index (χ0) is 50.1. The van der Waals surface area contributed by atoms with Crippen LogP contribution in [0, 0.1) is 0 Å². The molecule has 0 N–H and O–H groups in total. The van der Waals surface area contributed by atoms with Gasteiger partial charge in [-0.05, 0) is 142 Å². The molecule has 0 heterocycles. The molecule has 0 fully saturated rings. The number of anilines is 3. The average Bonchev–Trinajstić information content (AvgIpc) is 3.94. The van der Waals surface area contributed by atoms with Gasteiger partial charge in [-0.25, -0.2) is 0 Å². The zero-order valence-corrected chi connectivity index (χ0v) is 42.1. The van der Waals surface area contributed by atoms with Gasteiger partial charge in [0.2, 0.25) is 0 Å². The maximum Gasteiger partial charge on any atom is 0.0713 e. The molecular weight excluding hydrogens is 903 g/mol. The fraction of sp³-hybridized carbons (Fsp3) is 0.0541. The van der Waals surface area contributed by atoms with Crippen molar-refractivity contribution >= 4 is 27.8 Å². The van der Waals surface area contributed by atoms with E-state index in [2.05, 4.69) is 304 Å². The Morgan fingerprint density at radius 1 is 0.280 bits per heavy atom. The first-order valence-electron chi connectivity index (χ1n) is 26.2. The summed E-state index contributed by atoms with van der Waals surface area (Å²) in [5.41, 5.74) is 25.5. The third kappa shape index (κ3) is 6.99. The minimum absolute atomic E-state index is 0.117. The van der Waals surface area contributed by atoms with Crippen LogP contribution < -0.4 is 4.90 Å². The molecule has 0 aliphatic heterocycles. The van der Waals surface area contributed by atoms with Gasteiger partial charge in [0.15, 0.2) is 0 Å². The molecule has 0 unspecified atom stereocenters. The second-order valence-corrected chi connectivity index (χ2v) is 20.7. The summed E-state index contributed by atoms with van der Waals surface area (Å²) in [5.74, 6) is 0. The van der Waals surface area contributed by atoms with Gasteiger partial charge in [0.05, 0.1) is 11.1 Å². The highest BCUT2D eigenvalue weighted by Crippen LogP contribution is 2.57. The summed E-state index contributed by atoms with van der Waals surface area (Å²) in [5, 5.41) is 2.49. The second kappa shape index (κ2) is 17.7.